The average Bonchev–Trinajstić information content (AvgIpc) is 2.62. The van der Waals surface area contributed by atoms with E-state index in [-0.39, 0.29) is 11.5 Å². The number of aliphatic carboxylic acids is 1. The van der Waals surface area contributed by atoms with Crippen molar-refractivity contribution in [2.24, 2.45) is 0 Å². The second-order valence-corrected chi connectivity index (χ2v) is 5.99. The number of carboxylic acids is 1. The number of benzene rings is 2. The second kappa shape index (κ2) is 7.65. The standard InChI is InChI=1S/C20H19N3O3/c1-13-12-16(24)22-20(21-13)23-18(19(25)26)17(14-8-4-2-5-9-14)15-10-6-3-7-11-15/h2-12,17-18H,1H3,(H,25,26)(H2,21,22,23,24). The minimum atomic E-state index is -1.04. The molecule has 0 saturated carbocycles. The number of nitrogens with one attached hydrogen (secondary N) is 2. The molecule has 1 aromatic heterocycles. The van der Waals surface area contributed by atoms with Crippen molar-refractivity contribution in [1.29, 1.82) is 0 Å². The highest BCUT2D eigenvalue weighted by molar-refractivity contribution is 5.79. The minimum Gasteiger partial charge on any atom is -0.480 e. The topological polar surface area (TPSA) is 95.1 Å². The molecular weight excluding hydrogens is 330 g/mol. The van der Waals surface area contributed by atoms with E-state index in [1.807, 2.05) is 60.7 Å². The molecule has 0 saturated heterocycles. The SMILES string of the molecule is Cc1cc(=O)[nH]c(NC(C(=O)O)C(c2ccccc2)c2ccccc2)n1. The molecule has 6 nitrogen and oxygen atoms in total. The summed E-state index contributed by atoms with van der Waals surface area (Å²) >= 11 is 0. The Bertz CT molecular complexity index is 900. The number of carbonyl (C=O) groups is 1. The van der Waals surface area contributed by atoms with Gasteiger partial charge in [-0.3, -0.25) is 9.78 Å². The molecule has 0 spiro atoms. The van der Waals surface area contributed by atoms with E-state index in [1.54, 1.807) is 6.92 Å². The van der Waals surface area contributed by atoms with Gasteiger partial charge in [-0.15, -0.1) is 0 Å². The van der Waals surface area contributed by atoms with Gasteiger partial charge in [0, 0.05) is 17.7 Å². The van der Waals surface area contributed by atoms with E-state index >= 15 is 0 Å². The number of hydrogen-bond donors (Lipinski definition) is 3. The first-order valence-corrected chi connectivity index (χ1v) is 8.22. The fourth-order valence-corrected chi connectivity index (χ4v) is 2.98. The summed E-state index contributed by atoms with van der Waals surface area (Å²) in [7, 11) is 0. The quantitative estimate of drug-likeness (QED) is 0.636. The lowest BCUT2D eigenvalue weighted by Crippen LogP contribution is -2.37. The Morgan fingerprint density at radius 3 is 2.04 bits per heavy atom. The molecule has 0 radical (unpaired) electrons. The van der Waals surface area contributed by atoms with Crippen molar-refractivity contribution in [1.82, 2.24) is 9.97 Å². The Morgan fingerprint density at radius 1 is 1.04 bits per heavy atom. The van der Waals surface area contributed by atoms with Crippen molar-refractivity contribution >= 4 is 11.9 Å². The number of rotatable bonds is 6. The van der Waals surface area contributed by atoms with Gasteiger partial charge >= 0.3 is 5.97 Å². The minimum absolute atomic E-state index is 0.138. The first-order valence-electron chi connectivity index (χ1n) is 8.22. The Labute approximate surface area is 150 Å². The Hall–Kier alpha value is -3.41. The second-order valence-electron chi connectivity index (χ2n) is 5.99. The molecule has 0 fully saturated rings. The number of nitrogens with zero attached hydrogens (tertiary/aromatic N) is 1. The summed E-state index contributed by atoms with van der Waals surface area (Å²) in [6, 6.07) is 19.2. The highest BCUT2D eigenvalue weighted by Gasteiger charge is 2.31. The number of aromatic amines is 1. The number of H-pyrrole nitrogens is 1. The van der Waals surface area contributed by atoms with Crippen LogP contribution in [0.5, 0.6) is 0 Å². The van der Waals surface area contributed by atoms with Crippen molar-refractivity contribution < 1.29 is 9.90 Å². The average molecular weight is 349 g/mol. The van der Waals surface area contributed by atoms with Crippen molar-refractivity contribution in [3.63, 3.8) is 0 Å². The summed E-state index contributed by atoms with van der Waals surface area (Å²) in [4.78, 5) is 30.5. The van der Waals surface area contributed by atoms with Crippen LogP contribution in [-0.2, 0) is 4.79 Å². The van der Waals surface area contributed by atoms with Crippen molar-refractivity contribution in [2.45, 2.75) is 18.9 Å². The first kappa shape index (κ1) is 17.4. The third kappa shape index (κ3) is 3.97. The number of carboxylic acid groups (broad SMARTS) is 1. The van der Waals surface area contributed by atoms with Crippen LogP contribution >= 0.6 is 0 Å². The molecule has 3 N–H and O–H groups in total. The fraction of sp³-hybridized carbons (Fsp3) is 0.150. The molecule has 2 aromatic carbocycles. The Morgan fingerprint density at radius 2 is 1.58 bits per heavy atom. The summed E-state index contributed by atoms with van der Waals surface area (Å²) in [5, 5.41) is 12.8. The Balaban J connectivity index is 2.06. The predicted octanol–water partition coefficient (Wildman–Crippen LogP) is 2.78. The van der Waals surface area contributed by atoms with Gasteiger partial charge in [0.1, 0.15) is 6.04 Å². The van der Waals surface area contributed by atoms with Gasteiger partial charge in [0.05, 0.1) is 0 Å². The number of aryl methyl sites for hydroxylation is 1. The molecule has 1 heterocycles. The fourth-order valence-electron chi connectivity index (χ4n) is 2.98. The largest absolute Gasteiger partial charge is 0.480 e. The molecular formula is C20H19N3O3. The normalized spacial score (nSPS) is 11.9. The van der Waals surface area contributed by atoms with Gasteiger partial charge < -0.3 is 10.4 Å². The van der Waals surface area contributed by atoms with Crippen LogP contribution in [0.25, 0.3) is 0 Å². The van der Waals surface area contributed by atoms with Crippen molar-refractivity contribution in [2.75, 3.05) is 5.32 Å². The molecule has 0 amide bonds. The monoisotopic (exact) mass is 349 g/mol. The summed E-state index contributed by atoms with van der Waals surface area (Å²) in [5.41, 5.74) is 1.89. The zero-order chi connectivity index (χ0) is 18.5. The molecule has 3 rings (SSSR count). The molecule has 6 heteroatoms. The van der Waals surface area contributed by atoms with Gasteiger partial charge in [-0.2, -0.15) is 0 Å². The van der Waals surface area contributed by atoms with Crippen molar-refractivity contribution in [3.05, 3.63) is 93.9 Å². The van der Waals surface area contributed by atoms with Gasteiger partial charge in [0.2, 0.25) is 5.95 Å². The molecule has 0 aliphatic carbocycles. The molecule has 132 valence electrons. The zero-order valence-electron chi connectivity index (χ0n) is 14.2. The highest BCUT2D eigenvalue weighted by Crippen LogP contribution is 2.29. The molecule has 0 aliphatic rings. The maximum Gasteiger partial charge on any atom is 0.327 e. The molecule has 0 bridgehead atoms. The third-order valence-electron chi connectivity index (χ3n) is 4.08. The van der Waals surface area contributed by atoms with Crippen LogP contribution in [0.15, 0.2) is 71.5 Å². The summed E-state index contributed by atoms with van der Waals surface area (Å²) < 4.78 is 0. The maximum atomic E-state index is 12.1. The molecule has 1 unspecified atom stereocenters. The maximum absolute atomic E-state index is 12.1. The highest BCUT2D eigenvalue weighted by atomic mass is 16.4. The molecule has 0 aliphatic heterocycles. The summed E-state index contributed by atoms with van der Waals surface area (Å²) in [5.74, 6) is -1.35. The van der Waals surface area contributed by atoms with Crippen molar-refractivity contribution in [3.8, 4) is 0 Å². The number of hydrogen-bond acceptors (Lipinski definition) is 4. The molecule has 1 atom stereocenters. The number of anilines is 1. The van der Waals surface area contributed by atoms with Crippen LogP contribution in [0, 0.1) is 6.92 Å². The predicted molar refractivity (Wildman–Crippen MR) is 99.4 cm³/mol. The van der Waals surface area contributed by atoms with Crippen LogP contribution in [-0.4, -0.2) is 27.1 Å². The van der Waals surface area contributed by atoms with Gasteiger partial charge in [-0.25, -0.2) is 9.78 Å². The van der Waals surface area contributed by atoms with Gasteiger partial charge in [-0.1, -0.05) is 60.7 Å². The molecule has 26 heavy (non-hydrogen) atoms. The van der Waals surface area contributed by atoms with E-state index < -0.39 is 17.9 Å². The zero-order valence-corrected chi connectivity index (χ0v) is 14.2. The van der Waals surface area contributed by atoms with Gasteiger partial charge in [-0.05, 0) is 18.1 Å². The van der Waals surface area contributed by atoms with E-state index in [0.717, 1.165) is 11.1 Å². The van der Waals surface area contributed by atoms with E-state index in [1.165, 1.54) is 6.07 Å². The Kier molecular flexibility index (Phi) is 5.12. The van der Waals surface area contributed by atoms with Gasteiger partial charge in [0.15, 0.2) is 0 Å². The van der Waals surface area contributed by atoms with Crippen LogP contribution in [0.1, 0.15) is 22.7 Å². The smallest absolute Gasteiger partial charge is 0.327 e. The van der Waals surface area contributed by atoms with Crippen LogP contribution in [0.3, 0.4) is 0 Å². The first-order chi connectivity index (χ1) is 12.5. The summed E-state index contributed by atoms with van der Waals surface area (Å²) in [6.07, 6.45) is 0. The lowest BCUT2D eigenvalue weighted by molar-refractivity contribution is -0.138. The van der Waals surface area contributed by atoms with Crippen LogP contribution < -0.4 is 10.9 Å². The van der Waals surface area contributed by atoms with E-state index in [4.69, 9.17) is 0 Å². The lowest BCUT2D eigenvalue weighted by atomic mass is 9.85. The van der Waals surface area contributed by atoms with E-state index in [9.17, 15) is 14.7 Å². The van der Waals surface area contributed by atoms with E-state index in [0.29, 0.717) is 5.69 Å². The van der Waals surface area contributed by atoms with Crippen LogP contribution in [0.4, 0.5) is 5.95 Å². The lowest BCUT2D eigenvalue weighted by Gasteiger charge is -2.26. The third-order valence-corrected chi connectivity index (χ3v) is 4.08. The van der Waals surface area contributed by atoms with Crippen LogP contribution in [0.2, 0.25) is 0 Å². The summed E-state index contributed by atoms with van der Waals surface area (Å²) in [6.45, 7) is 1.68. The van der Waals surface area contributed by atoms with E-state index in [2.05, 4.69) is 15.3 Å². The van der Waals surface area contributed by atoms with Gasteiger partial charge in [0.25, 0.3) is 5.56 Å². The molecule has 3 aromatic rings. The number of aromatic nitrogens is 2.